The highest BCUT2D eigenvalue weighted by Crippen LogP contribution is 2.32. The Kier molecular flexibility index (Phi) is 5.56. The molecule has 25 heavy (non-hydrogen) atoms. The van der Waals surface area contributed by atoms with E-state index in [1.807, 2.05) is 56.3 Å². The zero-order valence-electron chi connectivity index (χ0n) is 14.6. The van der Waals surface area contributed by atoms with Crippen LogP contribution in [0.25, 0.3) is 0 Å². The highest BCUT2D eigenvalue weighted by atomic mass is 16.7. The van der Waals surface area contributed by atoms with Crippen LogP contribution in [0.5, 0.6) is 11.5 Å². The summed E-state index contributed by atoms with van der Waals surface area (Å²) in [6.45, 7) is 5.40. The second-order valence-electron chi connectivity index (χ2n) is 6.25. The normalized spacial score (nSPS) is 12.4. The number of hydrogen-bond acceptors (Lipinski definition) is 4. The highest BCUT2D eigenvalue weighted by molar-refractivity contribution is 5.94. The molecule has 1 aliphatic heterocycles. The van der Waals surface area contributed by atoms with E-state index in [1.165, 1.54) is 0 Å². The first-order valence-electron chi connectivity index (χ1n) is 8.49. The molecular formula is C20H23NO4. The largest absolute Gasteiger partial charge is 0.454 e. The fourth-order valence-electron chi connectivity index (χ4n) is 2.53. The first kappa shape index (κ1) is 17.3. The van der Waals surface area contributed by atoms with Crippen molar-refractivity contribution in [1.29, 1.82) is 0 Å². The summed E-state index contributed by atoms with van der Waals surface area (Å²) in [6, 6.07) is 13.4. The summed E-state index contributed by atoms with van der Waals surface area (Å²) in [7, 11) is 0. The molecule has 0 bridgehead atoms. The molecule has 0 aliphatic carbocycles. The summed E-state index contributed by atoms with van der Waals surface area (Å²) in [4.78, 5) is 12.2. The number of amides is 1. The highest BCUT2D eigenvalue weighted by Gasteiger charge is 2.13. The first-order valence-corrected chi connectivity index (χ1v) is 8.49. The quantitative estimate of drug-likeness (QED) is 0.839. The van der Waals surface area contributed by atoms with Crippen LogP contribution in [0.3, 0.4) is 0 Å². The van der Waals surface area contributed by atoms with Crippen LogP contribution in [-0.2, 0) is 17.8 Å². The Balaban J connectivity index is 1.47. The molecule has 5 heteroatoms. The average Bonchev–Trinajstić information content (AvgIpc) is 3.08. The Morgan fingerprint density at radius 3 is 2.56 bits per heavy atom. The summed E-state index contributed by atoms with van der Waals surface area (Å²) in [5, 5.41) is 2.94. The minimum atomic E-state index is -0.0722. The van der Waals surface area contributed by atoms with Gasteiger partial charge in [-0.1, -0.05) is 18.2 Å². The predicted octanol–water partition coefficient (Wildman–Crippen LogP) is 3.31. The number of rotatable bonds is 7. The van der Waals surface area contributed by atoms with Gasteiger partial charge < -0.3 is 19.5 Å². The number of carbonyl (C=O) groups excluding carboxylic acids is 1. The van der Waals surface area contributed by atoms with Crippen molar-refractivity contribution in [3.05, 3.63) is 59.2 Å². The first-order chi connectivity index (χ1) is 12.1. The van der Waals surface area contributed by atoms with Gasteiger partial charge >= 0.3 is 0 Å². The van der Waals surface area contributed by atoms with Gasteiger partial charge in [0.15, 0.2) is 11.5 Å². The molecule has 1 amide bonds. The summed E-state index contributed by atoms with van der Waals surface area (Å²) in [5.41, 5.74) is 2.82. The van der Waals surface area contributed by atoms with E-state index in [0.717, 1.165) is 29.0 Å². The van der Waals surface area contributed by atoms with Crippen molar-refractivity contribution in [2.45, 2.75) is 33.0 Å². The maximum Gasteiger partial charge on any atom is 0.251 e. The van der Waals surface area contributed by atoms with E-state index in [-0.39, 0.29) is 18.8 Å². The molecule has 3 rings (SSSR count). The van der Waals surface area contributed by atoms with Gasteiger partial charge in [0.05, 0.1) is 12.7 Å². The van der Waals surface area contributed by atoms with Crippen molar-refractivity contribution in [3.8, 4) is 11.5 Å². The van der Waals surface area contributed by atoms with Gasteiger partial charge in [0.25, 0.3) is 5.91 Å². The van der Waals surface area contributed by atoms with Crippen LogP contribution in [0, 0.1) is 0 Å². The van der Waals surface area contributed by atoms with Crippen LogP contribution >= 0.6 is 0 Å². The summed E-state index contributed by atoms with van der Waals surface area (Å²) < 4.78 is 16.2. The monoisotopic (exact) mass is 341 g/mol. The molecule has 2 aromatic carbocycles. The van der Waals surface area contributed by atoms with Gasteiger partial charge in [-0.15, -0.1) is 0 Å². The molecule has 1 aliphatic rings. The second-order valence-corrected chi connectivity index (χ2v) is 6.25. The van der Waals surface area contributed by atoms with E-state index in [0.29, 0.717) is 18.7 Å². The Morgan fingerprint density at radius 2 is 1.80 bits per heavy atom. The number of benzene rings is 2. The molecule has 132 valence electrons. The number of ether oxygens (including phenoxy) is 3. The Bertz CT molecular complexity index is 725. The summed E-state index contributed by atoms with van der Waals surface area (Å²) in [6.07, 6.45) is 0.932. The van der Waals surface area contributed by atoms with E-state index in [9.17, 15) is 4.79 Å². The van der Waals surface area contributed by atoms with Crippen LogP contribution in [0.4, 0.5) is 0 Å². The SMILES string of the molecule is CC(C)OCc1ccc(C(=O)NCCc2ccc3c(c2)OCO3)cc1. The van der Waals surface area contributed by atoms with Crippen LogP contribution in [-0.4, -0.2) is 25.3 Å². The van der Waals surface area contributed by atoms with Gasteiger partial charge in [-0.3, -0.25) is 4.79 Å². The molecule has 1 heterocycles. The Hall–Kier alpha value is -2.53. The van der Waals surface area contributed by atoms with E-state index >= 15 is 0 Å². The van der Waals surface area contributed by atoms with E-state index in [2.05, 4.69) is 5.32 Å². The minimum Gasteiger partial charge on any atom is -0.454 e. The number of fused-ring (bicyclic) bond motifs is 1. The van der Waals surface area contributed by atoms with Crippen LogP contribution in [0.1, 0.15) is 35.3 Å². The van der Waals surface area contributed by atoms with Crippen molar-refractivity contribution < 1.29 is 19.0 Å². The number of nitrogens with one attached hydrogen (secondary N) is 1. The fourth-order valence-corrected chi connectivity index (χ4v) is 2.53. The van der Waals surface area contributed by atoms with Crippen molar-refractivity contribution >= 4 is 5.91 Å². The minimum absolute atomic E-state index is 0.0722. The molecule has 1 N–H and O–H groups in total. The molecule has 0 unspecified atom stereocenters. The maximum atomic E-state index is 12.2. The van der Waals surface area contributed by atoms with Crippen LogP contribution < -0.4 is 14.8 Å². The molecule has 0 atom stereocenters. The van der Waals surface area contributed by atoms with Gasteiger partial charge in [-0.25, -0.2) is 0 Å². The average molecular weight is 341 g/mol. The molecule has 0 spiro atoms. The number of hydrogen-bond donors (Lipinski definition) is 1. The second kappa shape index (κ2) is 8.03. The zero-order valence-corrected chi connectivity index (χ0v) is 14.6. The third kappa shape index (κ3) is 4.73. The molecule has 0 saturated heterocycles. The molecule has 5 nitrogen and oxygen atoms in total. The van der Waals surface area contributed by atoms with E-state index < -0.39 is 0 Å². The lowest BCUT2D eigenvalue weighted by Gasteiger charge is -2.09. The van der Waals surface area contributed by atoms with Gasteiger partial charge in [0, 0.05) is 12.1 Å². The van der Waals surface area contributed by atoms with Gasteiger partial charge in [-0.2, -0.15) is 0 Å². The molecular weight excluding hydrogens is 318 g/mol. The van der Waals surface area contributed by atoms with Crippen molar-refractivity contribution in [2.75, 3.05) is 13.3 Å². The van der Waals surface area contributed by atoms with Crippen molar-refractivity contribution in [1.82, 2.24) is 5.32 Å². The third-order valence-electron chi connectivity index (χ3n) is 3.94. The van der Waals surface area contributed by atoms with E-state index in [4.69, 9.17) is 14.2 Å². The van der Waals surface area contributed by atoms with Crippen LogP contribution in [0.2, 0.25) is 0 Å². The van der Waals surface area contributed by atoms with Crippen molar-refractivity contribution in [3.63, 3.8) is 0 Å². The smallest absolute Gasteiger partial charge is 0.251 e. The predicted molar refractivity (Wildman–Crippen MR) is 95.0 cm³/mol. The topological polar surface area (TPSA) is 56.8 Å². The molecule has 0 saturated carbocycles. The molecule has 0 radical (unpaired) electrons. The lowest BCUT2D eigenvalue weighted by Crippen LogP contribution is -2.25. The molecule has 2 aromatic rings. The molecule has 0 fully saturated rings. The number of carbonyl (C=O) groups is 1. The maximum absolute atomic E-state index is 12.2. The summed E-state index contributed by atoms with van der Waals surface area (Å²) in [5.74, 6) is 1.47. The zero-order chi connectivity index (χ0) is 17.6. The Morgan fingerprint density at radius 1 is 1.08 bits per heavy atom. The summed E-state index contributed by atoms with van der Waals surface area (Å²) >= 11 is 0. The van der Waals surface area contributed by atoms with Crippen molar-refractivity contribution in [2.24, 2.45) is 0 Å². The lowest BCUT2D eigenvalue weighted by molar-refractivity contribution is 0.0657. The third-order valence-corrected chi connectivity index (χ3v) is 3.94. The van der Waals surface area contributed by atoms with Gasteiger partial charge in [0.1, 0.15) is 0 Å². The van der Waals surface area contributed by atoms with Crippen LogP contribution in [0.15, 0.2) is 42.5 Å². The van der Waals surface area contributed by atoms with E-state index in [1.54, 1.807) is 0 Å². The Labute approximate surface area is 147 Å². The fraction of sp³-hybridized carbons (Fsp3) is 0.350. The molecule has 0 aromatic heterocycles. The lowest BCUT2D eigenvalue weighted by atomic mass is 10.1. The van der Waals surface area contributed by atoms with Gasteiger partial charge in [-0.05, 0) is 55.7 Å². The van der Waals surface area contributed by atoms with Gasteiger partial charge in [0.2, 0.25) is 6.79 Å². The standard InChI is InChI=1S/C20H23NO4/c1-14(2)23-12-16-3-6-17(7-4-16)20(22)21-10-9-15-5-8-18-19(11-15)25-13-24-18/h3-8,11,14H,9-10,12-13H2,1-2H3,(H,21,22).